The fourth-order valence-corrected chi connectivity index (χ4v) is 3.05. The number of carbonyl (C=O) groups excluding carboxylic acids is 1. The molecule has 3 heterocycles. The fourth-order valence-electron chi connectivity index (χ4n) is 3.05. The van der Waals surface area contributed by atoms with Crippen LogP contribution in [0.25, 0.3) is 11.0 Å². The second-order valence-electron chi connectivity index (χ2n) is 7.18. The van der Waals surface area contributed by atoms with Crippen LogP contribution in [0.5, 0.6) is 0 Å². The lowest BCUT2D eigenvalue weighted by atomic mass is 9.96. The van der Waals surface area contributed by atoms with Crippen LogP contribution in [0.15, 0.2) is 18.5 Å². The molecule has 3 rings (SSSR count). The van der Waals surface area contributed by atoms with Crippen molar-refractivity contribution < 1.29 is 4.79 Å². The highest BCUT2D eigenvalue weighted by Gasteiger charge is 2.24. The van der Waals surface area contributed by atoms with Crippen LogP contribution in [0, 0.1) is 0 Å². The number of hydrogen-bond donors (Lipinski definition) is 0. The molecule has 1 saturated heterocycles. The Kier molecular flexibility index (Phi) is 3.67. The van der Waals surface area contributed by atoms with Gasteiger partial charge in [-0.05, 0) is 18.9 Å². The van der Waals surface area contributed by atoms with Gasteiger partial charge in [-0.15, -0.1) is 0 Å². The van der Waals surface area contributed by atoms with Gasteiger partial charge in [0.25, 0.3) is 0 Å². The normalized spacial score (nSPS) is 17.2. The molecular weight excluding hydrogens is 276 g/mol. The van der Waals surface area contributed by atoms with Crippen molar-refractivity contribution in [3.8, 4) is 0 Å². The molecule has 0 spiro atoms. The van der Waals surface area contributed by atoms with E-state index in [2.05, 4.69) is 42.6 Å². The molecule has 5 heteroatoms. The van der Waals surface area contributed by atoms with Crippen molar-refractivity contribution in [2.75, 3.05) is 13.1 Å². The van der Waals surface area contributed by atoms with Gasteiger partial charge in [-0.3, -0.25) is 4.79 Å². The van der Waals surface area contributed by atoms with Crippen molar-refractivity contribution in [2.24, 2.45) is 0 Å². The molecule has 1 aliphatic heterocycles. The largest absolute Gasteiger partial charge is 0.343 e. The van der Waals surface area contributed by atoms with Gasteiger partial charge >= 0.3 is 0 Å². The molecular formula is C17H24N4O. The predicted octanol–water partition coefficient (Wildman–Crippen LogP) is 2.91. The SMILES string of the molecule is CC(=O)N1CCC(n2ccc3cnc(C(C)(C)C)nc32)CC1. The Bertz CT molecular complexity index is 690. The molecule has 0 aliphatic carbocycles. The van der Waals surface area contributed by atoms with Crippen LogP contribution < -0.4 is 0 Å². The molecule has 0 unspecified atom stereocenters. The first-order valence-electron chi connectivity index (χ1n) is 7.96. The summed E-state index contributed by atoms with van der Waals surface area (Å²) in [5.74, 6) is 1.05. The minimum absolute atomic E-state index is 0.0543. The second kappa shape index (κ2) is 5.38. The zero-order chi connectivity index (χ0) is 15.9. The summed E-state index contributed by atoms with van der Waals surface area (Å²) in [6.45, 7) is 9.70. The highest BCUT2D eigenvalue weighted by molar-refractivity contribution is 5.75. The fraction of sp³-hybridized carbons (Fsp3) is 0.588. The van der Waals surface area contributed by atoms with Crippen LogP contribution in [-0.2, 0) is 10.2 Å². The standard InChI is InChI=1S/C17H24N4O/c1-12(22)20-8-6-14(7-9-20)21-10-5-13-11-18-16(17(2,3)4)19-15(13)21/h5,10-11,14H,6-9H2,1-4H3. The van der Waals surface area contributed by atoms with E-state index in [4.69, 9.17) is 4.98 Å². The summed E-state index contributed by atoms with van der Waals surface area (Å²) in [4.78, 5) is 22.7. The Morgan fingerprint density at radius 2 is 1.95 bits per heavy atom. The third-order valence-electron chi connectivity index (χ3n) is 4.43. The molecule has 0 saturated carbocycles. The van der Waals surface area contributed by atoms with Crippen molar-refractivity contribution in [1.29, 1.82) is 0 Å². The second-order valence-corrected chi connectivity index (χ2v) is 7.18. The number of hydrogen-bond acceptors (Lipinski definition) is 3. The van der Waals surface area contributed by atoms with E-state index in [0.29, 0.717) is 6.04 Å². The molecule has 0 aromatic carbocycles. The number of amides is 1. The maximum Gasteiger partial charge on any atom is 0.219 e. The molecule has 0 N–H and O–H groups in total. The molecule has 1 fully saturated rings. The summed E-state index contributed by atoms with van der Waals surface area (Å²) >= 11 is 0. The minimum atomic E-state index is -0.0543. The van der Waals surface area contributed by atoms with E-state index in [1.165, 1.54) is 0 Å². The maximum absolute atomic E-state index is 11.5. The first-order chi connectivity index (χ1) is 10.4. The Labute approximate surface area is 131 Å². The third-order valence-corrected chi connectivity index (χ3v) is 4.43. The first-order valence-corrected chi connectivity index (χ1v) is 7.96. The van der Waals surface area contributed by atoms with Crippen LogP contribution in [0.3, 0.4) is 0 Å². The molecule has 118 valence electrons. The predicted molar refractivity (Wildman–Crippen MR) is 86.8 cm³/mol. The number of carbonyl (C=O) groups is 1. The molecule has 2 aromatic heterocycles. The third kappa shape index (κ3) is 2.72. The first kappa shape index (κ1) is 15.0. The topological polar surface area (TPSA) is 51.0 Å². The molecule has 2 aromatic rings. The quantitative estimate of drug-likeness (QED) is 0.813. The van der Waals surface area contributed by atoms with Crippen LogP contribution in [0.1, 0.15) is 52.4 Å². The van der Waals surface area contributed by atoms with E-state index in [0.717, 1.165) is 42.8 Å². The Morgan fingerprint density at radius 3 is 2.55 bits per heavy atom. The summed E-state index contributed by atoms with van der Waals surface area (Å²) in [6.07, 6.45) is 6.00. The van der Waals surface area contributed by atoms with Gasteiger partial charge in [-0.1, -0.05) is 20.8 Å². The van der Waals surface area contributed by atoms with Gasteiger partial charge in [0.1, 0.15) is 11.5 Å². The number of aromatic nitrogens is 3. The van der Waals surface area contributed by atoms with Crippen LogP contribution in [0.4, 0.5) is 0 Å². The summed E-state index contributed by atoms with van der Waals surface area (Å²) in [7, 11) is 0. The average molecular weight is 300 g/mol. The van der Waals surface area contributed by atoms with Crippen molar-refractivity contribution >= 4 is 16.9 Å². The molecule has 22 heavy (non-hydrogen) atoms. The van der Waals surface area contributed by atoms with Gasteiger partial charge in [0.2, 0.25) is 5.91 Å². The van der Waals surface area contributed by atoms with Gasteiger partial charge in [-0.2, -0.15) is 0 Å². The molecule has 1 amide bonds. The molecule has 0 radical (unpaired) electrons. The highest BCUT2D eigenvalue weighted by atomic mass is 16.2. The number of likely N-dealkylation sites (tertiary alicyclic amines) is 1. The van der Waals surface area contributed by atoms with E-state index in [1.54, 1.807) is 6.92 Å². The van der Waals surface area contributed by atoms with Crippen molar-refractivity contribution in [1.82, 2.24) is 19.4 Å². The lowest BCUT2D eigenvalue weighted by molar-refractivity contribution is -0.130. The average Bonchev–Trinajstić information content (AvgIpc) is 2.89. The van der Waals surface area contributed by atoms with E-state index < -0.39 is 0 Å². The van der Waals surface area contributed by atoms with Gasteiger partial charge in [0, 0.05) is 49.2 Å². The maximum atomic E-state index is 11.5. The Balaban J connectivity index is 1.90. The van der Waals surface area contributed by atoms with E-state index in [9.17, 15) is 4.79 Å². The Hall–Kier alpha value is -1.91. The minimum Gasteiger partial charge on any atom is -0.343 e. The lowest BCUT2D eigenvalue weighted by Crippen LogP contribution is -2.37. The monoisotopic (exact) mass is 300 g/mol. The summed E-state index contributed by atoms with van der Waals surface area (Å²) in [6, 6.07) is 2.50. The number of rotatable bonds is 1. The molecule has 1 aliphatic rings. The van der Waals surface area contributed by atoms with Gasteiger partial charge < -0.3 is 9.47 Å². The van der Waals surface area contributed by atoms with E-state index in [-0.39, 0.29) is 11.3 Å². The Morgan fingerprint density at radius 1 is 1.27 bits per heavy atom. The van der Waals surface area contributed by atoms with Gasteiger partial charge in [0.05, 0.1) is 0 Å². The van der Waals surface area contributed by atoms with Gasteiger partial charge in [-0.25, -0.2) is 9.97 Å². The van der Waals surface area contributed by atoms with Gasteiger partial charge in [0.15, 0.2) is 0 Å². The van der Waals surface area contributed by atoms with Crippen molar-refractivity contribution in [3.63, 3.8) is 0 Å². The zero-order valence-electron chi connectivity index (χ0n) is 13.8. The number of nitrogens with zero attached hydrogens (tertiary/aromatic N) is 4. The summed E-state index contributed by atoms with van der Waals surface area (Å²) < 4.78 is 2.27. The summed E-state index contributed by atoms with van der Waals surface area (Å²) in [5.41, 5.74) is 0.961. The van der Waals surface area contributed by atoms with Crippen molar-refractivity contribution in [3.05, 3.63) is 24.3 Å². The zero-order valence-corrected chi connectivity index (χ0v) is 13.8. The van der Waals surface area contributed by atoms with Crippen molar-refractivity contribution in [2.45, 2.75) is 52.0 Å². The molecule has 5 nitrogen and oxygen atoms in total. The number of fused-ring (bicyclic) bond motifs is 1. The molecule has 0 atom stereocenters. The highest BCUT2D eigenvalue weighted by Crippen LogP contribution is 2.28. The van der Waals surface area contributed by atoms with Crippen LogP contribution >= 0.6 is 0 Å². The lowest BCUT2D eigenvalue weighted by Gasteiger charge is -2.32. The smallest absolute Gasteiger partial charge is 0.219 e. The summed E-state index contributed by atoms with van der Waals surface area (Å²) in [5, 5.41) is 1.09. The van der Waals surface area contributed by atoms with Crippen LogP contribution in [-0.4, -0.2) is 38.4 Å². The van der Waals surface area contributed by atoms with Crippen LogP contribution in [0.2, 0.25) is 0 Å². The number of piperidine rings is 1. The molecule has 0 bridgehead atoms. The van der Waals surface area contributed by atoms with E-state index >= 15 is 0 Å². The van der Waals surface area contributed by atoms with E-state index in [1.807, 2.05) is 11.1 Å².